The number of fused-ring (bicyclic) bond motifs is 1. The van der Waals surface area contributed by atoms with E-state index in [1.807, 2.05) is 6.07 Å². The standard InChI is InChI=1S/C18H21BrN2/c1-2-18(13-6-8-15(19)9-7-13)21-11-10-16-14(12-21)4-3-5-17(16)20/h3-9,18H,2,10-12,20H2,1H3. The number of nitrogens with zero attached hydrogens (tertiary/aromatic N) is 1. The Kier molecular flexibility index (Phi) is 4.32. The van der Waals surface area contributed by atoms with Crippen LogP contribution in [-0.2, 0) is 13.0 Å². The second kappa shape index (κ2) is 6.20. The van der Waals surface area contributed by atoms with Gasteiger partial charge in [-0.05, 0) is 47.7 Å². The van der Waals surface area contributed by atoms with E-state index < -0.39 is 0 Å². The summed E-state index contributed by atoms with van der Waals surface area (Å²) in [5.74, 6) is 0. The fraction of sp³-hybridized carbons (Fsp3) is 0.333. The summed E-state index contributed by atoms with van der Waals surface area (Å²) in [6, 6.07) is 15.5. The molecule has 3 heteroatoms. The predicted molar refractivity (Wildman–Crippen MR) is 92.1 cm³/mol. The molecule has 1 aliphatic rings. The van der Waals surface area contributed by atoms with Crippen molar-refractivity contribution in [2.45, 2.75) is 32.4 Å². The number of anilines is 1. The van der Waals surface area contributed by atoms with Crippen molar-refractivity contribution >= 4 is 21.6 Å². The van der Waals surface area contributed by atoms with Crippen LogP contribution in [0.3, 0.4) is 0 Å². The second-order valence-corrected chi connectivity index (χ2v) is 6.60. The van der Waals surface area contributed by atoms with E-state index in [9.17, 15) is 0 Å². The molecule has 0 aliphatic carbocycles. The lowest BCUT2D eigenvalue weighted by atomic mass is 9.94. The number of halogens is 1. The van der Waals surface area contributed by atoms with E-state index in [0.717, 1.165) is 36.1 Å². The van der Waals surface area contributed by atoms with Crippen molar-refractivity contribution in [2.75, 3.05) is 12.3 Å². The Balaban J connectivity index is 1.85. The van der Waals surface area contributed by atoms with Gasteiger partial charge in [0.05, 0.1) is 0 Å². The van der Waals surface area contributed by atoms with Crippen LogP contribution in [-0.4, -0.2) is 11.4 Å². The van der Waals surface area contributed by atoms with E-state index in [2.05, 4.69) is 64.2 Å². The van der Waals surface area contributed by atoms with Crippen LogP contribution in [0.15, 0.2) is 46.9 Å². The van der Waals surface area contributed by atoms with Crippen LogP contribution in [0, 0.1) is 0 Å². The molecule has 1 heterocycles. The smallest absolute Gasteiger partial charge is 0.0350 e. The topological polar surface area (TPSA) is 29.3 Å². The largest absolute Gasteiger partial charge is 0.398 e. The predicted octanol–water partition coefficient (Wildman–Crippen LogP) is 4.54. The van der Waals surface area contributed by atoms with E-state index in [0.29, 0.717) is 6.04 Å². The maximum atomic E-state index is 6.10. The Hall–Kier alpha value is -1.32. The Morgan fingerprint density at radius 1 is 1.19 bits per heavy atom. The molecule has 1 aliphatic heterocycles. The third kappa shape index (κ3) is 2.99. The van der Waals surface area contributed by atoms with Gasteiger partial charge in [0, 0.05) is 29.3 Å². The Bertz CT molecular complexity index is 622. The SMILES string of the molecule is CCC(c1ccc(Br)cc1)N1CCc2c(N)cccc2C1. The Morgan fingerprint density at radius 3 is 2.67 bits per heavy atom. The van der Waals surface area contributed by atoms with Crippen LogP contribution < -0.4 is 5.73 Å². The summed E-state index contributed by atoms with van der Waals surface area (Å²) in [6.07, 6.45) is 2.17. The average molecular weight is 345 g/mol. The molecule has 0 saturated carbocycles. The number of benzene rings is 2. The van der Waals surface area contributed by atoms with Crippen molar-refractivity contribution in [3.8, 4) is 0 Å². The van der Waals surface area contributed by atoms with Crippen molar-refractivity contribution in [3.63, 3.8) is 0 Å². The van der Waals surface area contributed by atoms with Gasteiger partial charge in [-0.3, -0.25) is 4.90 Å². The number of rotatable bonds is 3. The first-order valence-electron chi connectivity index (χ1n) is 7.54. The molecule has 0 aromatic heterocycles. The zero-order valence-corrected chi connectivity index (χ0v) is 13.9. The van der Waals surface area contributed by atoms with Crippen molar-refractivity contribution in [3.05, 3.63) is 63.6 Å². The molecular weight excluding hydrogens is 324 g/mol. The van der Waals surface area contributed by atoms with Crippen molar-refractivity contribution in [1.82, 2.24) is 4.90 Å². The number of hydrogen-bond acceptors (Lipinski definition) is 2. The molecular formula is C18H21BrN2. The van der Waals surface area contributed by atoms with Gasteiger partial charge in [0.1, 0.15) is 0 Å². The monoisotopic (exact) mass is 344 g/mol. The lowest BCUT2D eigenvalue weighted by Crippen LogP contribution is -2.34. The van der Waals surface area contributed by atoms with Gasteiger partial charge in [0.15, 0.2) is 0 Å². The summed E-state index contributed by atoms with van der Waals surface area (Å²) in [6.45, 7) is 4.34. The molecule has 0 radical (unpaired) electrons. The van der Waals surface area contributed by atoms with Gasteiger partial charge in [-0.25, -0.2) is 0 Å². The molecule has 110 valence electrons. The maximum Gasteiger partial charge on any atom is 0.0350 e. The third-order valence-electron chi connectivity index (χ3n) is 4.41. The molecule has 2 aromatic carbocycles. The summed E-state index contributed by atoms with van der Waals surface area (Å²) in [5.41, 5.74) is 11.2. The lowest BCUT2D eigenvalue weighted by molar-refractivity contribution is 0.174. The molecule has 2 N–H and O–H groups in total. The summed E-state index contributed by atoms with van der Waals surface area (Å²) >= 11 is 3.51. The Morgan fingerprint density at radius 2 is 1.95 bits per heavy atom. The first kappa shape index (κ1) is 14.6. The highest BCUT2D eigenvalue weighted by Gasteiger charge is 2.24. The number of nitrogen functional groups attached to an aromatic ring is 1. The molecule has 2 nitrogen and oxygen atoms in total. The van der Waals surface area contributed by atoms with Gasteiger partial charge in [-0.1, -0.05) is 47.1 Å². The molecule has 0 amide bonds. The van der Waals surface area contributed by atoms with Crippen LogP contribution in [0.25, 0.3) is 0 Å². The summed E-state index contributed by atoms with van der Waals surface area (Å²) in [7, 11) is 0. The molecule has 1 unspecified atom stereocenters. The molecule has 0 fully saturated rings. The van der Waals surface area contributed by atoms with Crippen LogP contribution >= 0.6 is 15.9 Å². The second-order valence-electron chi connectivity index (χ2n) is 5.68. The third-order valence-corrected chi connectivity index (χ3v) is 4.94. The Labute approximate surface area is 135 Å². The van der Waals surface area contributed by atoms with Crippen molar-refractivity contribution < 1.29 is 0 Å². The van der Waals surface area contributed by atoms with E-state index in [4.69, 9.17) is 5.73 Å². The molecule has 2 aromatic rings. The van der Waals surface area contributed by atoms with Gasteiger partial charge < -0.3 is 5.73 Å². The van der Waals surface area contributed by atoms with Gasteiger partial charge in [-0.2, -0.15) is 0 Å². The van der Waals surface area contributed by atoms with Gasteiger partial charge in [-0.15, -0.1) is 0 Å². The van der Waals surface area contributed by atoms with E-state index in [1.165, 1.54) is 16.7 Å². The number of hydrogen-bond donors (Lipinski definition) is 1. The maximum absolute atomic E-state index is 6.10. The lowest BCUT2D eigenvalue weighted by Gasteiger charge is -2.36. The normalized spacial score (nSPS) is 16.5. The molecule has 1 atom stereocenters. The molecule has 21 heavy (non-hydrogen) atoms. The highest BCUT2D eigenvalue weighted by molar-refractivity contribution is 9.10. The summed E-state index contributed by atoms with van der Waals surface area (Å²) in [4.78, 5) is 2.57. The average Bonchev–Trinajstić information content (AvgIpc) is 2.50. The zero-order chi connectivity index (χ0) is 14.8. The van der Waals surface area contributed by atoms with E-state index in [-0.39, 0.29) is 0 Å². The zero-order valence-electron chi connectivity index (χ0n) is 12.3. The fourth-order valence-electron chi connectivity index (χ4n) is 3.32. The van der Waals surface area contributed by atoms with Crippen LogP contribution in [0.5, 0.6) is 0 Å². The molecule has 0 spiro atoms. The molecule has 0 saturated heterocycles. The van der Waals surface area contributed by atoms with Gasteiger partial charge in [0.2, 0.25) is 0 Å². The summed E-state index contributed by atoms with van der Waals surface area (Å²) < 4.78 is 1.14. The highest BCUT2D eigenvalue weighted by atomic mass is 79.9. The number of nitrogens with two attached hydrogens (primary N) is 1. The van der Waals surface area contributed by atoms with Crippen molar-refractivity contribution in [2.24, 2.45) is 0 Å². The first-order chi connectivity index (χ1) is 10.2. The van der Waals surface area contributed by atoms with Crippen LogP contribution in [0.2, 0.25) is 0 Å². The minimum absolute atomic E-state index is 0.479. The minimum Gasteiger partial charge on any atom is -0.398 e. The molecule has 3 rings (SSSR count). The van der Waals surface area contributed by atoms with E-state index in [1.54, 1.807) is 0 Å². The van der Waals surface area contributed by atoms with Crippen LogP contribution in [0.4, 0.5) is 5.69 Å². The highest BCUT2D eigenvalue weighted by Crippen LogP contribution is 2.32. The first-order valence-corrected chi connectivity index (χ1v) is 8.34. The van der Waals surface area contributed by atoms with Crippen molar-refractivity contribution in [1.29, 1.82) is 0 Å². The van der Waals surface area contributed by atoms with Gasteiger partial charge >= 0.3 is 0 Å². The minimum atomic E-state index is 0.479. The molecule has 0 bridgehead atoms. The van der Waals surface area contributed by atoms with E-state index >= 15 is 0 Å². The van der Waals surface area contributed by atoms with Gasteiger partial charge in [0.25, 0.3) is 0 Å². The van der Waals surface area contributed by atoms with Crippen LogP contribution in [0.1, 0.15) is 36.1 Å². The fourth-order valence-corrected chi connectivity index (χ4v) is 3.58. The summed E-state index contributed by atoms with van der Waals surface area (Å²) in [5, 5.41) is 0. The quantitative estimate of drug-likeness (QED) is 0.828.